The van der Waals surface area contributed by atoms with E-state index in [2.05, 4.69) is 5.32 Å². The number of carbonyl (C=O) groups is 2. The van der Waals surface area contributed by atoms with Crippen molar-refractivity contribution in [2.24, 2.45) is 0 Å². The highest BCUT2D eigenvalue weighted by atomic mass is 16.6. The largest absolute Gasteiger partial charge is 0.493 e. The molecule has 3 aliphatic rings. The Morgan fingerprint density at radius 1 is 1.11 bits per heavy atom. The minimum atomic E-state index is -0.814. The molecule has 1 unspecified atom stereocenters. The molecule has 148 valence electrons. The van der Waals surface area contributed by atoms with Crippen LogP contribution >= 0.6 is 0 Å². The van der Waals surface area contributed by atoms with Crippen LogP contribution in [0.2, 0.25) is 0 Å². The van der Waals surface area contributed by atoms with E-state index in [0.717, 1.165) is 31.4 Å². The van der Waals surface area contributed by atoms with Crippen molar-refractivity contribution in [3.63, 3.8) is 0 Å². The summed E-state index contributed by atoms with van der Waals surface area (Å²) in [5.41, 5.74) is 0.384. The van der Waals surface area contributed by atoms with Crippen LogP contribution in [-0.4, -0.2) is 38.1 Å². The Labute approximate surface area is 163 Å². The number of furan rings is 1. The van der Waals surface area contributed by atoms with Crippen LogP contribution in [0.3, 0.4) is 0 Å². The van der Waals surface area contributed by atoms with Crippen molar-refractivity contribution in [1.29, 1.82) is 0 Å². The summed E-state index contributed by atoms with van der Waals surface area (Å²) >= 11 is 0. The highest BCUT2D eigenvalue weighted by molar-refractivity contribution is 6.10. The molecule has 7 nitrogen and oxygen atoms in total. The molecule has 1 aromatic rings. The van der Waals surface area contributed by atoms with E-state index >= 15 is 0 Å². The van der Waals surface area contributed by atoms with Gasteiger partial charge in [0.05, 0.1) is 19.8 Å². The maximum Gasteiger partial charge on any atom is 0.284 e. The quantitative estimate of drug-likeness (QED) is 0.839. The van der Waals surface area contributed by atoms with Crippen molar-refractivity contribution in [1.82, 2.24) is 5.32 Å². The number of ketones is 1. The molecule has 4 rings (SSSR count). The SMILES string of the molecule is COC1=C2OC(C(=O)NC3CCC(c4ccc(OC)o4)CC3)C=C2C(=O)C=C1. The van der Waals surface area contributed by atoms with Gasteiger partial charge in [0, 0.05) is 18.0 Å². The predicted molar refractivity (Wildman–Crippen MR) is 99.5 cm³/mol. The molecule has 28 heavy (non-hydrogen) atoms. The third-order valence-corrected chi connectivity index (χ3v) is 5.44. The highest BCUT2D eigenvalue weighted by Gasteiger charge is 2.36. The van der Waals surface area contributed by atoms with Gasteiger partial charge in [-0.05, 0) is 50.0 Å². The Hall–Kier alpha value is -2.96. The van der Waals surface area contributed by atoms with E-state index < -0.39 is 6.10 Å². The smallest absolute Gasteiger partial charge is 0.284 e. The molecule has 1 saturated carbocycles. The van der Waals surface area contributed by atoms with E-state index in [9.17, 15) is 9.59 Å². The van der Waals surface area contributed by atoms with Gasteiger partial charge in [-0.15, -0.1) is 0 Å². The number of allylic oxidation sites excluding steroid dienone is 3. The number of nitrogens with one attached hydrogen (secondary N) is 1. The van der Waals surface area contributed by atoms with Crippen LogP contribution in [0.1, 0.15) is 37.4 Å². The average Bonchev–Trinajstić information content (AvgIpc) is 3.37. The average molecular weight is 385 g/mol. The molecule has 0 spiro atoms. The zero-order valence-corrected chi connectivity index (χ0v) is 15.9. The van der Waals surface area contributed by atoms with Crippen LogP contribution in [0.25, 0.3) is 0 Å². The summed E-state index contributed by atoms with van der Waals surface area (Å²) in [5, 5.41) is 3.05. The molecule has 1 N–H and O–H groups in total. The number of methoxy groups -OCH3 is 2. The van der Waals surface area contributed by atoms with Gasteiger partial charge in [-0.1, -0.05) is 0 Å². The third-order valence-electron chi connectivity index (χ3n) is 5.44. The van der Waals surface area contributed by atoms with Gasteiger partial charge in [0.15, 0.2) is 23.4 Å². The maximum atomic E-state index is 12.6. The van der Waals surface area contributed by atoms with Crippen LogP contribution in [0.4, 0.5) is 0 Å². The van der Waals surface area contributed by atoms with Gasteiger partial charge in [-0.25, -0.2) is 0 Å². The van der Waals surface area contributed by atoms with Crippen molar-refractivity contribution in [2.45, 2.75) is 43.7 Å². The summed E-state index contributed by atoms with van der Waals surface area (Å²) in [6.45, 7) is 0. The molecular formula is C21H23NO6. The van der Waals surface area contributed by atoms with Gasteiger partial charge in [0.25, 0.3) is 11.9 Å². The second-order valence-corrected chi connectivity index (χ2v) is 7.13. The Morgan fingerprint density at radius 3 is 2.57 bits per heavy atom. The minimum Gasteiger partial charge on any atom is -0.493 e. The molecule has 1 amide bonds. The van der Waals surface area contributed by atoms with Crippen molar-refractivity contribution in [2.75, 3.05) is 14.2 Å². The van der Waals surface area contributed by atoms with Crippen molar-refractivity contribution in [3.8, 4) is 5.95 Å². The van der Waals surface area contributed by atoms with Gasteiger partial charge < -0.3 is 23.9 Å². The first-order chi connectivity index (χ1) is 13.6. The second kappa shape index (κ2) is 7.58. The number of amides is 1. The molecule has 1 aromatic heterocycles. The molecule has 0 saturated heterocycles. The van der Waals surface area contributed by atoms with E-state index in [-0.39, 0.29) is 17.7 Å². The number of hydrogen-bond donors (Lipinski definition) is 1. The Balaban J connectivity index is 1.34. The zero-order chi connectivity index (χ0) is 19.7. The van der Waals surface area contributed by atoms with E-state index in [0.29, 0.717) is 29.0 Å². The van der Waals surface area contributed by atoms with E-state index in [1.807, 2.05) is 12.1 Å². The monoisotopic (exact) mass is 385 g/mol. The van der Waals surface area contributed by atoms with Gasteiger partial charge >= 0.3 is 0 Å². The lowest BCUT2D eigenvalue weighted by Crippen LogP contribution is -2.42. The fourth-order valence-electron chi connectivity index (χ4n) is 3.91. The lowest BCUT2D eigenvalue weighted by molar-refractivity contribution is -0.128. The van der Waals surface area contributed by atoms with Gasteiger partial charge in [0.1, 0.15) is 5.76 Å². The first kappa shape index (κ1) is 18.4. The summed E-state index contributed by atoms with van der Waals surface area (Å²) in [6, 6.07) is 3.86. The van der Waals surface area contributed by atoms with Gasteiger partial charge in [-0.3, -0.25) is 9.59 Å². The summed E-state index contributed by atoms with van der Waals surface area (Å²) < 4.78 is 21.7. The van der Waals surface area contributed by atoms with Crippen LogP contribution in [0.5, 0.6) is 5.95 Å². The summed E-state index contributed by atoms with van der Waals surface area (Å²) in [4.78, 5) is 24.7. The fourth-order valence-corrected chi connectivity index (χ4v) is 3.91. The molecule has 7 heteroatoms. The van der Waals surface area contributed by atoms with Crippen LogP contribution in [-0.2, 0) is 19.1 Å². The van der Waals surface area contributed by atoms with Crippen molar-refractivity contribution >= 4 is 11.7 Å². The number of rotatable bonds is 5. The number of fused-ring (bicyclic) bond motifs is 1. The van der Waals surface area contributed by atoms with Gasteiger partial charge in [0.2, 0.25) is 0 Å². The van der Waals surface area contributed by atoms with Crippen LogP contribution in [0, 0.1) is 0 Å². The predicted octanol–water partition coefficient (Wildman–Crippen LogP) is 2.75. The Morgan fingerprint density at radius 2 is 1.89 bits per heavy atom. The highest BCUT2D eigenvalue weighted by Crippen LogP contribution is 2.36. The first-order valence-electron chi connectivity index (χ1n) is 9.42. The minimum absolute atomic E-state index is 0.0786. The number of carbonyl (C=O) groups excluding carboxylic acids is 2. The lowest BCUT2D eigenvalue weighted by Gasteiger charge is -2.28. The molecule has 2 aliphatic carbocycles. The van der Waals surface area contributed by atoms with Crippen LogP contribution in [0.15, 0.2) is 51.9 Å². The Kier molecular flexibility index (Phi) is 4.98. The molecule has 1 aliphatic heterocycles. The van der Waals surface area contributed by atoms with Crippen molar-refractivity contribution in [3.05, 3.63) is 53.2 Å². The van der Waals surface area contributed by atoms with Crippen LogP contribution < -0.4 is 10.1 Å². The normalized spacial score (nSPS) is 26.4. The molecule has 2 heterocycles. The fraction of sp³-hybridized carbons (Fsp3) is 0.429. The standard InChI is InChI=1S/C21H23NO6/c1-25-17-8-7-15(23)14-11-18(28-20(14)17)21(24)22-13-5-3-12(4-6-13)16-9-10-19(26-2)27-16/h7-13,18H,3-6H2,1-2H3,(H,22,24). The molecule has 1 fully saturated rings. The molecule has 0 aromatic carbocycles. The second-order valence-electron chi connectivity index (χ2n) is 7.13. The molecule has 1 atom stereocenters. The molecule has 0 radical (unpaired) electrons. The summed E-state index contributed by atoms with van der Waals surface area (Å²) in [6.07, 6.45) is 7.29. The van der Waals surface area contributed by atoms with Gasteiger partial charge in [-0.2, -0.15) is 0 Å². The number of ether oxygens (including phenoxy) is 3. The maximum absolute atomic E-state index is 12.6. The summed E-state index contributed by atoms with van der Waals surface area (Å²) in [7, 11) is 3.09. The molecule has 0 bridgehead atoms. The van der Waals surface area contributed by atoms with E-state index in [1.54, 1.807) is 19.3 Å². The topological polar surface area (TPSA) is 87.0 Å². The third kappa shape index (κ3) is 3.44. The first-order valence-corrected chi connectivity index (χ1v) is 9.42. The Bertz CT molecular complexity index is 869. The molecular weight excluding hydrogens is 362 g/mol. The summed E-state index contributed by atoms with van der Waals surface area (Å²) in [5.74, 6) is 2.16. The lowest BCUT2D eigenvalue weighted by atomic mass is 9.84. The van der Waals surface area contributed by atoms with E-state index in [4.69, 9.17) is 18.6 Å². The van der Waals surface area contributed by atoms with Crippen molar-refractivity contribution < 1.29 is 28.2 Å². The van der Waals surface area contributed by atoms with E-state index in [1.165, 1.54) is 13.2 Å². The zero-order valence-electron chi connectivity index (χ0n) is 15.9. The number of hydrogen-bond acceptors (Lipinski definition) is 6.